The number of nitrogens with one attached hydrogen (secondary N) is 1. The van der Waals surface area contributed by atoms with E-state index in [1.54, 1.807) is 23.0 Å². The summed E-state index contributed by atoms with van der Waals surface area (Å²) in [4.78, 5) is 0.162. The lowest BCUT2D eigenvalue weighted by molar-refractivity contribution is 0.581. The first-order chi connectivity index (χ1) is 11.5. The molecule has 0 spiro atoms. The van der Waals surface area contributed by atoms with E-state index in [1.165, 1.54) is 12.1 Å². The van der Waals surface area contributed by atoms with Gasteiger partial charge in [0, 0.05) is 17.8 Å². The molecule has 1 N–H and O–H groups in total. The van der Waals surface area contributed by atoms with Crippen LogP contribution in [0.4, 0.5) is 0 Å². The van der Waals surface area contributed by atoms with E-state index in [9.17, 15) is 8.42 Å². The Kier molecular flexibility index (Phi) is 4.99. The van der Waals surface area contributed by atoms with Gasteiger partial charge in [0.2, 0.25) is 10.0 Å². The van der Waals surface area contributed by atoms with Gasteiger partial charge in [-0.15, -0.1) is 0 Å². The van der Waals surface area contributed by atoms with Crippen molar-refractivity contribution in [3.63, 3.8) is 0 Å². The average Bonchev–Trinajstić information content (AvgIpc) is 3.04. The Bertz CT molecular complexity index is 924. The zero-order valence-electron chi connectivity index (χ0n) is 12.8. The third kappa shape index (κ3) is 4.03. The van der Waals surface area contributed by atoms with Gasteiger partial charge in [-0.25, -0.2) is 17.8 Å². The molecule has 0 amide bonds. The number of sulfonamides is 1. The summed E-state index contributed by atoms with van der Waals surface area (Å²) in [5.41, 5.74) is 1.91. The van der Waals surface area contributed by atoms with Crippen molar-refractivity contribution in [1.29, 1.82) is 0 Å². The Balaban J connectivity index is 1.62. The van der Waals surface area contributed by atoms with Crippen molar-refractivity contribution in [3.05, 3.63) is 77.6 Å². The number of rotatable bonds is 6. The van der Waals surface area contributed by atoms with Crippen molar-refractivity contribution >= 4 is 21.6 Å². The number of para-hydroxylation sites is 1. The van der Waals surface area contributed by atoms with Crippen LogP contribution in [0.5, 0.6) is 0 Å². The van der Waals surface area contributed by atoms with E-state index in [0.29, 0.717) is 11.4 Å². The molecule has 2 aromatic carbocycles. The Morgan fingerprint density at radius 2 is 1.88 bits per heavy atom. The van der Waals surface area contributed by atoms with Gasteiger partial charge in [-0.05, 0) is 42.3 Å². The lowest BCUT2D eigenvalue weighted by Crippen LogP contribution is -2.25. The van der Waals surface area contributed by atoms with Gasteiger partial charge < -0.3 is 0 Å². The summed E-state index contributed by atoms with van der Waals surface area (Å²) >= 11 is 5.84. The second-order valence-corrected chi connectivity index (χ2v) is 7.44. The maximum atomic E-state index is 12.2. The summed E-state index contributed by atoms with van der Waals surface area (Å²) in [6.07, 6.45) is 4.18. The topological polar surface area (TPSA) is 64.0 Å². The van der Waals surface area contributed by atoms with Crippen molar-refractivity contribution in [2.75, 3.05) is 6.54 Å². The lowest BCUT2D eigenvalue weighted by atomic mass is 10.2. The third-order valence-corrected chi connectivity index (χ3v) is 5.16. The molecule has 3 aromatic rings. The van der Waals surface area contributed by atoms with E-state index in [4.69, 9.17) is 11.6 Å². The summed E-state index contributed by atoms with van der Waals surface area (Å²) in [5, 5.41) is 4.68. The quantitative estimate of drug-likeness (QED) is 0.734. The van der Waals surface area contributed by atoms with Gasteiger partial charge >= 0.3 is 0 Å². The van der Waals surface area contributed by atoms with Crippen LogP contribution in [0.1, 0.15) is 5.56 Å². The van der Waals surface area contributed by atoms with Crippen LogP contribution in [0.2, 0.25) is 5.02 Å². The minimum Gasteiger partial charge on any atom is -0.241 e. The molecular formula is C17H16ClN3O2S. The molecular weight excluding hydrogens is 346 g/mol. The second-order valence-electron chi connectivity index (χ2n) is 5.23. The number of nitrogens with zero attached hydrogens (tertiary/aromatic N) is 2. The SMILES string of the molecule is O=S(=O)(NCCc1cnn(-c2ccccc2)c1)c1cccc(Cl)c1. The van der Waals surface area contributed by atoms with E-state index < -0.39 is 10.0 Å². The molecule has 3 rings (SSSR count). The van der Waals surface area contributed by atoms with Crippen molar-refractivity contribution < 1.29 is 8.42 Å². The first kappa shape index (κ1) is 16.7. The molecule has 0 radical (unpaired) electrons. The van der Waals surface area contributed by atoms with Gasteiger partial charge in [-0.3, -0.25) is 0 Å². The van der Waals surface area contributed by atoms with Crippen molar-refractivity contribution in [3.8, 4) is 5.69 Å². The monoisotopic (exact) mass is 361 g/mol. The van der Waals surface area contributed by atoms with Crippen LogP contribution in [0.15, 0.2) is 71.9 Å². The number of benzene rings is 2. The summed E-state index contributed by atoms with van der Waals surface area (Å²) in [6, 6.07) is 15.9. The van der Waals surface area contributed by atoms with Gasteiger partial charge in [0.15, 0.2) is 0 Å². The first-order valence-corrected chi connectivity index (χ1v) is 9.25. The zero-order valence-corrected chi connectivity index (χ0v) is 14.3. The molecule has 0 saturated heterocycles. The lowest BCUT2D eigenvalue weighted by Gasteiger charge is -2.06. The highest BCUT2D eigenvalue weighted by Crippen LogP contribution is 2.15. The van der Waals surface area contributed by atoms with Crippen molar-refractivity contribution in [2.45, 2.75) is 11.3 Å². The molecule has 0 aliphatic carbocycles. The van der Waals surface area contributed by atoms with Gasteiger partial charge in [0.05, 0.1) is 16.8 Å². The maximum Gasteiger partial charge on any atom is 0.240 e. The summed E-state index contributed by atoms with van der Waals surface area (Å²) in [6.45, 7) is 0.287. The van der Waals surface area contributed by atoms with Gasteiger partial charge in [0.1, 0.15) is 0 Å². The number of hydrogen-bond acceptors (Lipinski definition) is 3. The van der Waals surface area contributed by atoms with E-state index in [2.05, 4.69) is 9.82 Å². The number of halogens is 1. The van der Waals surface area contributed by atoms with Crippen LogP contribution in [-0.2, 0) is 16.4 Å². The minimum absolute atomic E-state index is 0.162. The summed E-state index contributed by atoms with van der Waals surface area (Å²) in [5.74, 6) is 0. The van der Waals surface area contributed by atoms with Crippen LogP contribution in [0, 0.1) is 0 Å². The first-order valence-electron chi connectivity index (χ1n) is 7.39. The van der Waals surface area contributed by atoms with Gasteiger partial charge in [-0.2, -0.15) is 5.10 Å². The highest BCUT2D eigenvalue weighted by Gasteiger charge is 2.13. The van der Waals surface area contributed by atoms with E-state index in [1.807, 2.05) is 36.5 Å². The van der Waals surface area contributed by atoms with E-state index in [-0.39, 0.29) is 11.4 Å². The summed E-state index contributed by atoms with van der Waals surface area (Å²) < 4.78 is 28.8. The Hall–Kier alpha value is -2.15. The van der Waals surface area contributed by atoms with Crippen LogP contribution in [0.25, 0.3) is 5.69 Å². The zero-order chi connectivity index (χ0) is 17.0. The van der Waals surface area contributed by atoms with Crippen LogP contribution < -0.4 is 4.72 Å². The predicted molar refractivity (Wildman–Crippen MR) is 93.9 cm³/mol. The fourth-order valence-corrected chi connectivity index (χ4v) is 3.59. The predicted octanol–water partition coefficient (Wildman–Crippen LogP) is 3.05. The van der Waals surface area contributed by atoms with Crippen LogP contribution in [0.3, 0.4) is 0 Å². The fourth-order valence-electron chi connectivity index (χ4n) is 2.26. The molecule has 0 aliphatic heterocycles. The molecule has 0 fully saturated rings. The van der Waals surface area contributed by atoms with Crippen LogP contribution >= 0.6 is 11.6 Å². The minimum atomic E-state index is -3.56. The highest BCUT2D eigenvalue weighted by molar-refractivity contribution is 7.89. The molecule has 0 aliphatic rings. The Morgan fingerprint density at radius 1 is 1.08 bits per heavy atom. The van der Waals surface area contributed by atoms with Gasteiger partial charge in [0.25, 0.3) is 0 Å². The molecule has 7 heteroatoms. The molecule has 0 saturated carbocycles. The average molecular weight is 362 g/mol. The molecule has 1 heterocycles. The largest absolute Gasteiger partial charge is 0.241 e. The molecule has 0 bridgehead atoms. The molecule has 24 heavy (non-hydrogen) atoms. The molecule has 0 atom stereocenters. The normalized spacial score (nSPS) is 11.5. The molecule has 1 aromatic heterocycles. The standard InChI is InChI=1S/C17H16ClN3O2S/c18-15-5-4-8-17(11-15)24(22,23)20-10-9-14-12-19-21(13-14)16-6-2-1-3-7-16/h1-8,11-13,20H,9-10H2. The molecule has 0 unspecified atom stereocenters. The second kappa shape index (κ2) is 7.17. The molecule has 5 nitrogen and oxygen atoms in total. The van der Waals surface area contributed by atoms with Gasteiger partial charge in [-0.1, -0.05) is 35.9 Å². The Morgan fingerprint density at radius 3 is 2.62 bits per heavy atom. The van der Waals surface area contributed by atoms with Crippen molar-refractivity contribution in [2.24, 2.45) is 0 Å². The molecule has 124 valence electrons. The number of hydrogen-bond donors (Lipinski definition) is 1. The third-order valence-electron chi connectivity index (χ3n) is 3.47. The van der Waals surface area contributed by atoms with Crippen LogP contribution in [-0.4, -0.2) is 24.7 Å². The maximum absolute atomic E-state index is 12.2. The smallest absolute Gasteiger partial charge is 0.240 e. The van der Waals surface area contributed by atoms with E-state index >= 15 is 0 Å². The summed E-state index contributed by atoms with van der Waals surface area (Å²) in [7, 11) is -3.56. The fraction of sp³-hybridized carbons (Fsp3) is 0.118. The van der Waals surface area contributed by atoms with E-state index in [0.717, 1.165) is 11.3 Å². The van der Waals surface area contributed by atoms with Crippen molar-refractivity contribution in [1.82, 2.24) is 14.5 Å². The number of aromatic nitrogens is 2. The highest BCUT2D eigenvalue weighted by atomic mass is 35.5. The Labute approximate surface area is 145 Å².